The van der Waals surface area contributed by atoms with E-state index >= 15 is 0 Å². The number of hydrogen-bond acceptors (Lipinski definition) is 4. The first-order chi connectivity index (χ1) is 11.6. The third-order valence-electron chi connectivity index (χ3n) is 4.43. The molecule has 7 heteroatoms. The first-order valence-electron chi connectivity index (χ1n) is 7.96. The van der Waals surface area contributed by atoms with Gasteiger partial charge >= 0.3 is 0 Å². The molecular weight excluding hydrogens is 311 g/mol. The molecule has 3 rings (SSSR count). The molecule has 0 radical (unpaired) electrons. The van der Waals surface area contributed by atoms with Crippen LogP contribution in [0.15, 0.2) is 24.3 Å². The predicted octanol–water partition coefficient (Wildman–Crippen LogP) is 2.04. The lowest BCUT2D eigenvalue weighted by Crippen LogP contribution is -2.34. The van der Waals surface area contributed by atoms with Crippen molar-refractivity contribution >= 4 is 5.91 Å². The van der Waals surface area contributed by atoms with Crippen molar-refractivity contribution in [1.29, 1.82) is 0 Å². The molecule has 0 saturated carbocycles. The van der Waals surface area contributed by atoms with Crippen molar-refractivity contribution in [3.8, 4) is 5.75 Å². The van der Waals surface area contributed by atoms with Gasteiger partial charge in [0, 0.05) is 30.3 Å². The minimum atomic E-state index is -0.533. The van der Waals surface area contributed by atoms with Crippen LogP contribution in [0.25, 0.3) is 0 Å². The lowest BCUT2D eigenvalue weighted by molar-refractivity contribution is 0.0995. The fraction of sp³-hybridized carbons (Fsp3) is 0.412. The largest absolute Gasteiger partial charge is 0.496 e. The maximum atomic E-state index is 13.5. The fourth-order valence-corrected chi connectivity index (χ4v) is 3.24. The van der Waals surface area contributed by atoms with Crippen molar-refractivity contribution in [2.75, 3.05) is 20.2 Å². The van der Waals surface area contributed by atoms with Gasteiger partial charge in [0.2, 0.25) is 0 Å². The Morgan fingerprint density at radius 3 is 3.04 bits per heavy atom. The number of hydrogen-bond donors (Lipinski definition) is 2. The molecule has 1 aliphatic heterocycles. The first kappa shape index (κ1) is 16.4. The Morgan fingerprint density at radius 1 is 1.50 bits per heavy atom. The fourth-order valence-electron chi connectivity index (χ4n) is 3.24. The van der Waals surface area contributed by atoms with Gasteiger partial charge in [-0.15, -0.1) is 0 Å². The maximum Gasteiger partial charge on any atom is 0.269 e. The molecule has 0 spiro atoms. The van der Waals surface area contributed by atoms with Gasteiger partial charge in [-0.1, -0.05) is 0 Å². The quantitative estimate of drug-likeness (QED) is 0.877. The van der Waals surface area contributed by atoms with Gasteiger partial charge in [-0.2, -0.15) is 5.10 Å². The van der Waals surface area contributed by atoms with Crippen LogP contribution >= 0.6 is 0 Å². The second kappa shape index (κ2) is 7.00. The van der Waals surface area contributed by atoms with Crippen LogP contribution in [-0.2, 0) is 6.54 Å². The Balaban J connectivity index is 1.71. The van der Waals surface area contributed by atoms with E-state index in [2.05, 4.69) is 15.1 Å². The molecule has 24 heavy (non-hydrogen) atoms. The summed E-state index contributed by atoms with van der Waals surface area (Å²) in [5, 5.41) is 6.86. The topological polar surface area (TPSA) is 84.2 Å². The van der Waals surface area contributed by atoms with E-state index in [-0.39, 0.29) is 17.4 Å². The van der Waals surface area contributed by atoms with E-state index in [4.69, 9.17) is 10.5 Å². The molecule has 1 atom stereocenters. The van der Waals surface area contributed by atoms with Crippen molar-refractivity contribution in [3.63, 3.8) is 0 Å². The Labute approximate surface area is 139 Å². The minimum Gasteiger partial charge on any atom is -0.496 e. The zero-order valence-corrected chi connectivity index (χ0v) is 13.6. The average molecular weight is 332 g/mol. The van der Waals surface area contributed by atoms with Gasteiger partial charge in [-0.3, -0.25) is 14.8 Å². The SMILES string of the molecule is COc1ccc(F)cc1CN1CCC[C@H](c2cc(C(N)=O)n[nH]2)C1. The number of aromatic amines is 1. The molecule has 1 amide bonds. The van der Waals surface area contributed by atoms with Gasteiger partial charge in [0.15, 0.2) is 0 Å². The number of halogens is 1. The summed E-state index contributed by atoms with van der Waals surface area (Å²) in [6.07, 6.45) is 2.03. The van der Waals surface area contributed by atoms with Crippen LogP contribution in [0, 0.1) is 5.82 Å². The van der Waals surface area contributed by atoms with E-state index in [1.54, 1.807) is 19.2 Å². The highest BCUT2D eigenvalue weighted by Gasteiger charge is 2.24. The molecule has 1 aliphatic rings. The van der Waals surface area contributed by atoms with Crippen molar-refractivity contribution in [2.24, 2.45) is 5.73 Å². The number of likely N-dealkylation sites (tertiary alicyclic amines) is 1. The summed E-state index contributed by atoms with van der Waals surface area (Å²) in [6, 6.07) is 6.29. The standard InChI is InChI=1S/C17H21FN4O2/c1-24-16-5-4-13(18)7-12(16)10-22-6-2-3-11(9-22)14-8-15(17(19)23)21-20-14/h4-5,7-8,11H,2-3,6,9-10H2,1H3,(H2,19,23)(H,20,21)/t11-/m0/s1. The number of amides is 1. The third kappa shape index (κ3) is 3.56. The molecule has 1 aromatic heterocycles. The molecule has 1 saturated heterocycles. The number of nitrogens with zero attached hydrogens (tertiary/aromatic N) is 2. The number of carbonyl (C=O) groups is 1. The summed E-state index contributed by atoms with van der Waals surface area (Å²) >= 11 is 0. The number of methoxy groups -OCH3 is 1. The van der Waals surface area contributed by atoms with Gasteiger partial charge in [0.05, 0.1) is 7.11 Å². The highest BCUT2D eigenvalue weighted by Crippen LogP contribution is 2.29. The Kier molecular flexibility index (Phi) is 4.80. The van der Waals surface area contributed by atoms with Crippen LogP contribution in [-0.4, -0.2) is 41.2 Å². The van der Waals surface area contributed by atoms with E-state index in [9.17, 15) is 9.18 Å². The third-order valence-corrected chi connectivity index (χ3v) is 4.43. The lowest BCUT2D eigenvalue weighted by atomic mass is 9.94. The van der Waals surface area contributed by atoms with Crippen LogP contribution in [0.2, 0.25) is 0 Å². The van der Waals surface area contributed by atoms with Crippen LogP contribution < -0.4 is 10.5 Å². The van der Waals surface area contributed by atoms with Crippen LogP contribution in [0.5, 0.6) is 5.75 Å². The van der Waals surface area contributed by atoms with Gasteiger partial charge in [0.1, 0.15) is 17.3 Å². The van der Waals surface area contributed by atoms with Gasteiger partial charge in [-0.25, -0.2) is 4.39 Å². The summed E-state index contributed by atoms with van der Waals surface area (Å²) in [5.41, 5.74) is 7.26. The van der Waals surface area contributed by atoms with E-state index in [1.165, 1.54) is 12.1 Å². The monoisotopic (exact) mass is 332 g/mol. The molecule has 1 fully saturated rings. The van der Waals surface area contributed by atoms with E-state index in [1.807, 2.05) is 0 Å². The number of piperidine rings is 1. The molecule has 6 nitrogen and oxygen atoms in total. The van der Waals surface area contributed by atoms with E-state index in [0.29, 0.717) is 12.3 Å². The molecular formula is C17H21FN4O2. The summed E-state index contributed by atoms with van der Waals surface area (Å²) in [5.74, 6) is 0.142. The van der Waals surface area contributed by atoms with Crippen molar-refractivity contribution in [3.05, 3.63) is 47.0 Å². The van der Waals surface area contributed by atoms with Gasteiger partial charge in [-0.05, 0) is 43.7 Å². The van der Waals surface area contributed by atoms with E-state index < -0.39 is 5.91 Å². The normalized spacial score (nSPS) is 18.5. The smallest absolute Gasteiger partial charge is 0.269 e. The molecule has 128 valence electrons. The predicted molar refractivity (Wildman–Crippen MR) is 87.3 cm³/mol. The highest BCUT2D eigenvalue weighted by atomic mass is 19.1. The zero-order chi connectivity index (χ0) is 17.1. The van der Waals surface area contributed by atoms with Crippen molar-refractivity contribution < 1.29 is 13.9 Å². The summed E-state index contributed by atoms with van der Waals surface area (Å²) in [6.45, 7) is 2.36. The summed E-state index contributed by atoms with van der Waals surface area (Å²) < 4.78 is 18.8. The molecule has 2 heterocycles. The Hall–Kier alpha value is -2.41. The first-order valence-corrected chi connectivity index (χ1v) is 7.96. The summed E-state index contributed by atoms with van der Waals surface area (Å²) in [7, 11) is 1.59. The molecule has 2 aromatic rings. The number of ether oxygens (including phenoxy) is 1. The number of nitrogens with one attached hydrogen (secondary N) is 1. The van der Waals surface area contributed by atoms with Crippen LogP contribution in [0.1, 0.15) is 40.5 Å². The number of H-pyrrole nitrogens is 1. The van der Waals surface area contributed by atoms with Crippen LogP contribution in [0.4, 0.5) is 4.39 Å². The Morgan fingerprint density at radius 2 is 2.33 bits per heavy atom. The molecule has 1 aromatic carbocycles. The molecule has 0 aliphatic carbocycles. The highest BCUT2D eigenvalue weighted by molar-refractivity contribution is 5.90. The second-order valence-electron chi connectivity index (χ2n) is 6.10. The van der Waals surface area contributed by atoms with Crippen molar-refractivity contribution in [1.82, 2.24) is 15.1 Å². The Bertz CT molecular complexity index is 731. The minimum absolute atomic E-state index is 0.249. The molecule has 3 N–H and O–H groups in total. The van der Waals surface area contributed by atoms with Gasteiger partial charge in [0.25, 0.3) is 5.91 Å². The second-order valence-corrected chi connectivity index (χ2v) is 6.10. The van der Waals surface area contributed by atoms with E-state index in [0.717, 1.165) is 37.2 Å². The molecule has 0 bridgehead atoms. The van der Waals surface area contributed by atoms with Gasteiger partial charge < -0.3 is 10.5 Å². The van der Waals surface area contributed by atoms with Crippen molar-refractivity contribution in [2.45, 2.75) is 25.3 Å². The zero-order valence-electron chi connectivity index (χ0n) is 13.6. The number of rotatable bonds is 5. The number of aromatic nitrogens is 2. The lowest BCUT2D eigenvalue weighted by Gasteiger charge is -2.32. The number of carbonyl (C=O) groups excluding carboxylic acids is 1. The maximum absolute atomic E-state index is 13.5. The number of benzene rings is 1. The number of nitrogens with two attached hydrogens (primary N) is 1. The molecule has 0 unspecified atom stereocenters. The summed E-state index contributed by atoms with van der Waals surface area (Å²) in [4.78, 5) is 13.4. The number of primary amides is 1. The van der Waals surface area contributed by atoms with Crippen LogP contribution in [0.3, 0.4) is 0 Å². The average Bonchev–Trinajstić information content (AvgIpc) is 3.06.